The Hall–Kier alpha value is -2.55. The maximum absolute atomic E-state index is 11.8. The maximum Gasteiger partial charge on any atom is 0.350 e. The summed E-state index contributed by atoms with van der Waals surface area (Å²) in [6.45, 7) is 2.33. The van der Waals surface area contributed by atoms with Crippen LogP contribution in [0, 0.1) is 0 Å². The van der Waals surface area contributed by atoms with Gasteiger partial charge in [0, 0.05) is 18.3 Å². The van der Waals surface area contributed by atoms with Gasteiger partial charge < -0.3 is 21.5 Å². The molecule has 0 spiro atoms. The highest BCUT2D eigenvalue weighted by molar-refractivity contribution is 7.19. The Morgan fingerprint density at radius 3 is 2.86 bits per heavy atom. The van der Waals surface area contributed by atoms with Crippen molar-refractivity contribution in [3.05, 3.63) is 28.4 Å². The zero-order chi connectivity index (χ0) is 15.4. The number of carbonyl (C=O) groups excluding carboxylic acids is 2. The van der Waals surface area contributed by atoms with Gasteiger partial charge in [0.1, 0.15) is 9.88 Å². The second-order valence-electron chi connectivity index (χ2n) is 4.09. The third kappa shape index (κ3) is 3.14. The molecule has 2 aromatic heterocycles. The first-order valence-corrected chi connectivity index (χ1v) is 6.97. The maximum atomic E-state index is 11.8. The van der Waals surface area contributed by atoms with E-state index in [4.69, 9.17) is 16.2 Å². The number of H-pyrrole nitrogens is 1. The minimum Gasteiger partial charge on any atom is -0.462 e. The number of ether oxygens (including phenoxy) is 1. The zero-order valence-electron chi connectivity index (χ0n) is 11.3. The average Bonchev–Trinajstić information content (AvgIpc) is 3.03. The number of carbonyl (C=O) groups is 2. The van der Waals surface area contributed by atoms with E-state index in [1.54, 1.807) is 19.3 Å². The number of aromatic amines is 1. The number of thiophene rings is 1. The van der Waals surface area contributed by atoms with Crippen molar-refractivity contribution in [2.45, 2.75) is 13.5 Å². The summed E-state index contributed by atoms with van der Waals surface area (Å²) < 4.78 is 4.90. The summed E-state index contributed by atoms with van der Waals surface area (Å²) in [5, 5.41) is 9.95. The van der Waals surface area contributed by atoms with Crippen molar-refractivity contribution < 1.29 is 14.3 Å². The van der Waals surface area contributed by atoms with Crippen molar-refractivity contribution in [3.8, 4) is 0 Å². The van der Waals surface area contributed by atoms with Crippen molar-refractivity contribution in [2.75, 3.05) is 17.7 Å². The van der Waals surface area contributed by atoms with E-state index >= 15 is 0 Å². The highest BCUT2D eigenvalue weighted by Crippen LogP contribution is 2.36. The van der Waals surface area contributed by atoms with Crippen LogP contribution in [0.25, 0.3) is 0 Å². The number of amides is 1. The quantitative estimate of drug-likeness (QED) is 0.586. The molecule has 0 aliphatic rings. The monoisotopic (exact) mass is 309 g/mol. The van der Waals surface area contributed by atoms with Crippen molar-refractivity contribution in [3.63, 3.8) is 0 Å². The lowest BCUT2D eigenvalue weighted by Gasteiger charge is -2.03. The van der Waals surface area contributed by atoms with Gasteiger partial charge >= 0.3 is 5.97 Å². The summed E-state index contributed by atoms with van der Waals surface area (Å²) in [6.07, 6.45) is 3.35. The van der Waals surface area contributed by atoms with Gasteiger partial charge in [-0.25, -0.2) is 4.79 Å². The van der Waals surface area contributed by atoms with Crippen molar-refractivity contribution >= 4 is 33.9 Å². The number of anilines is 2. The standard InChI is InChI=1S/C12H15N5O3S/c1-2-20-12(19)9-8(13)7(10(14)18)11(21-9)15-3-6-4-16-17-5-6/h4-5,15H,2-3,13H2,1H3,(H2,14,18)(H,16,17). The van der Waals surface area contributed by atoms with Crippen LogP contribution in [-0.4, -0.2) is 28.7 Å². The van der Waals surface area contributed by atoms with Gasteiger partial charge in [-0.1, -0.05) is 0 Å². The van der Waals surface area contributed by atoms with Gasteiger partial charge in [-0.05, 0) is 6.92 Å². The topological polar surface area (TPSA) is 136 Å². The Bertz CT molecular complexity index is 650. The molecule has 0 radical (unpaired) electrons. The Balaban J connectivity index is 2.28. The lowest BCUT2D eigenvalue weighted by Crippen LogP contribution is -2.15. The fourth-order valence-electron chi connectivity index (χ4n) is 1.72. The number of hydrogen-bond donors (Lipinski definition) is 4. The van der Waals surface area contributed by atoms with Crippen LogP contribution in [0.4, 0.5) is 10.7 Å². The minimum absolute atomic E-state index is 0.0423. The summed E-state index contributed by atoms with van der Waals surface area (Å²) in [4.78, 5) is 23.5. The van der Waals surface area contributed by atoms with Crippen LogP contribution in [0.2, 0.25) is 0 Å². The number of nitrogens with two attached hydrogens (primary N) is 2. The molecule has 0 atom stereocenters. The molecule has 0 fully saturated rings. The van der Waals surface area contributed by atoms with Gasteiger partial charge in [0.2, 0.25) is 0 Å². The van der Waals surface area contributed by atoms with Crippen LogP contribution in [-0.2, 0) is 11.3 Å². The highest BCUT2D eigenvalue weighted by Gasteiger charge is 2.24. The van der Waals surface area contributed by atoms with Crippen molar-refractivity contribution in [1.29, 1.82) is 0 Å². The van der Waals surface area contributed by atoms with Crippen LogP contribution in [0.5, 0.6) is 0 Å². The van der Waals surface area contributed by atoms with Crippen LogP contribution >= 0.6 is 11.3 Å². The lowest BCUT2D eigenvalue weighted by atomic mass is 10.2. The molecule has 8 nitrogen and oxygen atoms in total. The zero-order valence-corrected chi connectivity index (χ0v) is 12.1. The molecule has 0 unspecified atom stereocenters. The van der Waals surface area contributed by atoms with Gasteiger partial charge in [-0.15, -0.1) is 11.3 Å². The van der Waals surface area contributed by atoms with Gasteiger partial charge in [-0.3, -0.25) is 9.89 Å². The Morgan fingerprint density at radius 1 is 1.52 bits per heavy atom. The van der Waals surface area contributed by atoms with E-state index in [-0.39, 0.29) is 22.7 Å². The summed E-state index contributed by atoms with van der Waals surface area (Å²) in [5.41, 5.74) is 12.2. The van der Waals surface area contributed by atoms with Crippen LogP contribution < -0.4 is 16.8 Å². The first-order valence-electron chi connectivity index (χ1n) is 6.15. The summed E-state index contributed by atoms with van der Waals surface area (Å²) in [7, 11) is 0. The number of nitrogen functional groups attached to an aromatic ring is 1. The number of primary amides is 1. The summed E-state index contributed by atoms with van der Waals surface area (Å²) in [6, 6.07) is 0. The Kier molecular flexibility index (Phi) is 4.43. The first kappa shape index (κ1) is 14.9. The minimum atomic E-state index is -0.700. The SMILES string of the molecule is CCOC(=O)c1sc(NCc2cn[nH]c2)c(C(N)=O)c1N. The summed E-state index contributed by atoms with van der Waals surface area (Å²) >= 11 is 1.04. The molecule has 112 valence electrons. The molecule has 2 rings (SSSR count). The van der Waals surface area contributed by atoms with E-state index in [1.807, 2.05) is 0 Å². The molecule has 2 heterocycles. The molecular formula is C12H15N5O3S. The van der Waals surface area contributed by atoms with Gasteiger partial charge in [0.05, 0.1) is 24.1 Å². The predicted molar refractivity (Wildman–Crippen MR) is 79.1 cm³/mol. The third-order valence-corrected chi connectivity index (χ3v) is 3.80. The van der Waals surface area contributed by atoms with Crippen LogP contribution in [0.3, 0.4) is 0 Å². The van der Waals surface area contributed by atoms with Gasteiger partial charge in [-0.2, -0.15) is 5.10 Å². The Morgan fingerprint density at radius 2 is 2.29 bits per heavy atom. The first-order chi connectivity index (χ1) is 10.0. The summed E-state index contributed by atoms with van der Waals surface area (Å²) in [5.74, 6) is -1.27. The molecule has 6 N–H and O–H groups in total. The largest absolute Gasteiger partial charge is 0.462 e. The normalized spacial score (nSPS) is 10.3. The van der Waals surface area contributed by atoms with E-state index in [9.17, 15) is 9.59 Å². The predicted octanol–water partition coefficient (Wildman–Crippen LogP) is 0.941. The highest BCUT2D eigenvalue weighted by atomic mass is 32.1. The van der Waals surface area contributed by atoms with Crippen molar-refractivity contribution in [2.24, 2.45) is 5.73 Å². The smallest absolute Gasteiger partial charge is 0.350 e. The van der Waals surface area contributed by atoms with E-state index in [1.165, 1.54) is 0 Å². The molecule has 0 aliphatic carbocycles. The third-order valence-electron chi connectivity index (χ3n) is 2.66. The number of nitrogens with one attached hydrogen (secondary N) is 2. The molecule has 21 heavy (non-hydrogen) atoms. The van der Waals surface area contributed by atoms with Crippen molar-refractivity contribution in [1.82, 2.24) is 10.2 Å². The van der Waals surface area contributed by atoms with E-state index in [0.29, 0.717) is 11.5 Å². The molecule has 0 bridgehead atoms. The van der Waals surface area contributed by atoms with Crippen LogP contribution in [0.15, 0.2) is 12.4 Å². The average molecular weight is 309 g/mol. The second kappa shape index (κ2) is 6.27. The molecule has 0 aromatic carbocycles. The molecule has 0 saturated carbocycles. The molecule has 0 aliphatic heterocycles. The molecule has 9 heteroatoms. The fourth-order valence-corrected chi connectivity index (χ4v) is 2.73. The molecule has 0 saturated heterocycles. The fraction of sp³-hybridized carbons (Fsp3) is 0.250. The number of nitrogens with zero attached hydrogens (tertiary/aromatic N) is 1. The molecule has 2 aromatic rings. The lowest BCUT2D eigenvalue weighted by molar-refractivity contribution is 0.0533. The Labute approximate surface area is 124 Å². The van der Waals surface area contributed by atoms with Gasteiger partial charge in [0.15, 0.2) is 0 Å². The number of rotatable bonds is 6. The van der Waals surface area contributed by atoms with E-state index in [0.717, 1.165) is 16.9 Å². The van der Waals surface area contributed by atoms with Crippen LogP contribution in [0.1, 0.15) is 32.5 Å². The van der Waals surface area contributed by atoms with Gasteiger partial charge in [0.25, 0.3) is 5.91 Å². The number of esters is 1. The molecule has 1 amide bonds. The number of hydrogen-bond acceptors (Lipinski definition) is 7. The van der Waals surface area contributed by atoms with E-state index < -0.39 is 11.9 Å². The molecular weight excluding hydrogens is 294 g/mol. The second-order valence-corrected chi connectivity index (χ2v) is 5.11. The van der Waals surface area contributed by atoms with E-state index in [2.05, 4.69) is 15.5 Å². The number of aromatic nitrogens is 2.